The van der Waals surface area contributed by atoms with Gasteiger partial charge in [0, 0.05) is 24.3 Å². The Morgan fingerprint density at radius 1 is 0.469 bits per heavy atom. The van der Waals surface area contributed by atoms with Gasteiger partial charge in [-0.2, -0.15) is 52.7 Å². The van der Waals surface area contributed by atoms with Crippen molar-refractivity contribution in [2.75, 3.05) is 0 Å². The number of benzene rings is 4. The summed E-state index contributed by atoms with van der Waals surface area (Å²) in [7, 11) is 0. The molecule has 8 nitrogen and oxygen atoms in total. The summed E-state index contributed by atoms with van der Waals surface area (Å²) in [5, 5.41) is 21.8. The van der Waals surface area contributed by atoms with Gasteiger partial charge in [-0.25, -0.2) is 0 Å². The lowest BCUT2D eigenvalue weighted by molar-refractivity contribution is -0.385. The molecule has 0 heterocycles. The highest BCUT2D eigenvalue weighted by atomic mass is 19.4. The summed E-state index contributed by atoms with van der Waals surface area (Å²) in [5.41, 5.74) is -13.1. The lowest BCUT2D eigenvalue weighted by atomic mass is 9.73. The van der Waals surface area contributed by atoms with Crippen LogP contribution in [0.2, 0.25) is 0 Å². The van der Waals surface area contributed by atoms with Gasteiger partial charge in [-0.05, 0) is 47.5 Å². The summed E-state index contributed by atoms with van der Waals surface area (Å²) in [6.45, 7) is 0. The molecule has 0 aliphatic rings. The van der Waals surface area contributed by atoms with E-state index < -0.39 is 96.6 Å². The maximum atomic E-state index is 14.6. The first kappa shape index (κ1) is 36.3. The topological polar surface area (TPSA) is 105 Å². The molecule has 0 fully saturated rings. The van der Waals surface area contributed by atoms with Crippen molar-refractivity contribution in [3.8, 4) is 23.0 Å². The number of non-ortho nitro benzene ring substituents is 2. The largest absolute Gasteiger partial charge is 0.457 e. The Hall–Kier alpha value is -5.56. The van der Waals surface area contributed by atoms with Crippen molar-refractivity contribution in [2.45, 2.75) is 30.1 Å². The Bertz CT molecular complexity index is 1730. The van der Waals surface area contributed by atoms with E-state index in [4.69, 9.17) is 9.47 Å². The molecule has 0 aliphatic heterocycles. The molecular formula is C29H14F12N2O6. The van der Waals surface area contributed by atoms with Crippen LogP contribution in [0.1, 0.15) is 22.3 Å². The van der Waals surface area contributed by atoms with Crippen molar-refractivity contribution in [1.82, 2.24) is 0 Å². The van der Waals surface area contributed by atoms with E-state index in [1.807, 2.05) is 0 Å². The van der Waals surface area contributed by atoms with Crippen molar-refractivity contribution in [3.63, 3.8) is 0 Å². The molecule has 0 atom stereocenters. The Morgan fingerprint density at radius 2 is 0.776 bits per heavy atom. The Labute approximate surface area is 264 Å². The van der Waals surface area contributed by atoms with Crippen LogP contribution in [-0.4, -0.2) is 22.2 Å². The van der Waals surface area contributed by atoms with Gasteiger partial charge in [0.1, 0.15) is 34.1 Å². The molecule has 0 N–H and O–H groups in total. The number of hydrogen-bond donors (Lipinski definition) is 0. The zero-order valence-electron chi connectivity index (χ0n) is 23.5. The molecule has 4 rings (SSSR count). The Balaban J connectivity index is 1.75. The number of ether oxygens (including phenoxy) is 2. The lowest BCUT2D eigenvalue weighted by Gasteiger charge is -2.38. The molecule has 0 aromatic heterocycles. The zero-order valence-corrected chi connectivity index (χ0v) is 23.5. The second-order valence-corrected chi connectivity index (χ2v) is 9.87. The van der Waals surface area contributed by atoms with Gasteiger partial charge in [0.2, 0.25) is 5.41 Å². The summed E-state index contributed by atoms with van der Waals surface area (Å²) in [6.07, 6.45) is -22.7. The number of nitrogens with zero attached hydrogens (tertiary/aromatic N) is 2. The summed E-state index contributed by atoms with van der Waals surface area (Å²) >= 11 is 0. The lowest BCUT2D eigenvalue weighted by Crippen LogP contribution is -2.54. The summed E-state index contributed by atoms with van der Waals surface area (Å²) in [6, 6.07) is 5.58. The average Bonchev–Trinajstić information content (AvgIpc) is 2.97. The van der Waals surface area contributed by atoms with Crippen LogP contribution in [0.4, 0.5) is 64.1 Å². The standard InChI is InChI=1S/C29H14F12N2O6/c30-26(31,32)21-13-17(42(44)45)5-11-23(21)48-19-7-1-15(2-8-19)25(28(36,37)38,29(39,40)41)16-3-9-20(10-4-16)49-24-12-6-18(43(46)47)14-22(24)27(33,34)35/h1-14H. The van der Waals surface area contributed by atoms with Crippen molar-refractivity contribution in [3.05, 3.63) is 127 Å². The van der Waals surface area contributed by atoms with Crippen molar-refractivity contribution in [2.24, 2.45) is 0 Å². The molecule has 0 amide bonds. The van der Waals surface area contributed by atoms with E-state index in [-0.39, 0.29) is 36.4 Å². The summed E-state index contributed by atoms with van der Waals surface area (Å²) in [4.78, 5) is 19.5. The van der Waals surface area contributed by atoms with E-state index in [9.17, 15) is 72.9 Å². The molecular weight excluding hydrogens is 700 g/mol. The van der Waals surface area contributed by atoms with E-state index in [0.29, 0.717) is 48.5 Å². The minimum Gasteiger partial charge on any atom is -0.457 e. The maximum absolute atomic E-state index is 14.6. The van der Waals surface area contributed by atoms with E-state index >= 15 is 0 Å². The van der Waals surface area contributed by atoms with Crippen LogP contribution in [0.15, 0.2) is 84.9 Å². The van der Waals surface area contributed by atoms with E-state index in [1.165, 1.54) is 0 Å². The molecule has 4 aromatic carbocycles. The Morgan fingerprint density at radius 3 is 1.02 bits per heavy atom. The van der Waals surface area contributed by atoms with E-state index in [2.05, 4.69) is 0 Å². The smallest absolute Gasteiger partial charge is 0.420 e. The van der Waals surface area contributed by atoms with Crippen LogP contribution in [0.5, 0.6) is 23.0 Å². The predicted molar refractivity (Wildman–Crippen MR) is 142 cm³/mol. The van der Waals surface area contributed by atoms with Gasteiger partial charge in [-0.15, -0.1) is 0 Å². The number of nitro benzene ring substituents is 2. The third-order valence-corrected chi connectivity index (χ3v) is 6.84. The third kappa shape index (κ3) is 7.16. The van der Waals surface area contributed by atoms with Gasteiger partial charge >= 0.3 is 24.7 Å². The van der Waals surface area contributed by atoms with Crippen LogP contribution in [0.3, 0.4) is 0 Å². The van der Waals surface area contributed by atoms with Crippen molar-refractivity contribution < 1.29 is 72.0 Å². The fourth-order valence-electron chi connectivity index (χ4n) is 4.67. The van der Waals surface area contributed by atoms with Crippen molar-refractivity contribution in [1.29, 1.82) is 0 Å². The first-order chi connectivity index (χ1) is 22.5. The fraction of sp³-hybridized carbons (Fsp3) is 0.172. The Kier molecular flexibility index (Phi) is 9.23. The van der Waals surface area contributed by atoms with Gasteiger partial charge in [-0.3, -0.25) is 20.2 Å². The number of hydrogen-bond acceptors (Lipinski definition) is 6. The molecule has 0 bridgehead atoms. The SMILES string of the molecule is O=[N+]([O-])c1ccc(Oc2ccc(C(c3ccc(Oc4ccc([N+](=O)[O-])cc4C(F)(F)F)cc3)(C(F)(F)F)C(F)(F)F)cc2)c(C(F)(F)F)c1. The van der Waals surface area contributed by atoms with Gasteiger partial charge in [0.05, 0.1) is 9.85 Å². The molecule has 0 aliphatic carbocycles. The van der Waals surface area contributed by atoms with Crippen LogP contribution < -0.4 is 9.47 Å². The highest BCUT2D eigenvalue weighted by Crippen LogP contribution is 2.56. The maximum Gasteiger partial charge on any atom is 0.420 e. The molecule has 0 radical (unpaired) electrons. The molecule has 49 heavy (non-hydrogen) atoms. The molecule has 4 aromatic rings. The molecule has 0 saturated heterocycles. The highest BCUT2D eigenvalue weighted by Gasteiger charge is 2.72. The molecule has 0 saturated carbocycles. The van der Waals surface area contributed by atoms with Crippen LogP contribution in [-0.2, 0) is 17.8 Å². The molecule has 0 spiro atoms. The van der Waals surface area contributed by atoms with Gasteiger partial charge in [0.25, 0.3) is 11.4 Å². The summed E-state index contributed by atoms with van der Waals surface area (Å²) in [5.74, 6) is -3.48. The third-order valence-electron chi connectivity index (χ3n) is 6.84. The second-order valence-electron chi connectivity index (χ2n) is 9.87. The van der Waals surface area contributed by atoms with Crippen molar-refractivity contribution >= 4 is 11.4 Å². The molecule has 0 unspecified atom stereocenters. The molecule has 20 heteroatoms. The number of halogens is 12. The van der Waals surface area contributed by atoms with Gasteiger partial charge < -0.3 is 9.47 Å². The predicted octanol–water partition coefficient (Wildman–Crippen LogP) is 10.5. The van der Waals surface area contributed by atoms with Gasteiger partial charge in [-0.1, -0.05) is 24.3 Å². The van der Waals surface area contributed by atoms with Crippen LogP contribution in [0, 0.1) is 20.2 Å². The van der Waals surface area contributed by atoms with Crippen LogP contribution >= 0.6 is 0 Å². The first-order valence-electron chi connectivity index (χ1n) is 12.9. The average molecular weight is 714 g/mol. The van der Waals surface area contributed by atoms with Crippen LogP contribution in [0.25, 0.3) is 0 Å². The molecule has 260 valence electrons. The monoisotopic (exact) mass is 714 g/mol. The second kappa shape index (κ2) is 12.5. The minimum atomic E-state index is -6.15. The number of rotatable bonds is 8. The van der Waals surface area contributed by atoms with Gasteiger partial charge in [0.15, 0.2) is 0 Å². The number of alkyl halides is 12. The van der Waals surface area contributed by atoms with E-state index in [1.54, 1.807) is 0 Å². The fourth-order valence-corrected chi connectivity index (χ4v) is 4.67. The zero-order chi connectivity index (χ0) is 36.7. The summed E-state index contributed by atoms with van der Waals surface area (Å²) < 4.78 is 178. The normalized spacial score (nSPS) is 12.8. The number of nitro groups is 2. The minimum absolute atomic E-state index is 0.112. The van der Waals surface area contributed by atoms with E-state index in [0.717, 1.165) is 0 Å². The quantitative estimate of drug-likeness (QED) is 0.102. The first-order valence-corrected chi connectivity index (χ1v) is 12.9. The highest BCUT2D eigenvalue weighted by molar-refractivity contribution is 5.51.